The number of primary amides is 1. The summed E-state index contributed by atoms with van der Waals surface area (Å²) < 4.78 is 0. The molecule has 0 aromatic rings. The summed E-state index contributed by atoms with van der Waals surface area (Å²) in [6.45, 7) is 2.29. The molecule has 1 saturated carbocycles. The molecule has 1 aliphatic carbocycles. The van der Waals surface area contributed by atoms with Gasteiger partial charge in [-0.05, 0) is 19.4 Å². The molecule has 0 atom stereocenters. The quantitative estimate of drug-likeness (QED) is 0.721. The second kappa shape index (κ2) is 5.30. The number of rotatable bonds is 5. The fraction of sp³-hybridized carbons (Fsp3) is 0.818. The van der Waals surface area contributed by atoms with E-state index in [4.69, 9.17) is 10.8 Å². The van der Waals surface area contributed by atoms with Crippen molar-refractivity contribution in [3.63, 3.8) is 0 Å². The molecule has 0 aliphatic heterocycles. The van der Waals surface area contributed by atoms with E-state index in [-0.39, 0.29) is 12.5 Å². The predicted octanol–water partition coefficient (Wildman–Crippen LogP) is 0.581. The van der Waals surface area contributed by atoms with Crippen molar-refractivity contribution in [1.82, 2.24) is 4.90 Å². The number of carbonyl (C=O) groups is 2. The maximum atomic E-state index is 11.6. The van der Waals surface area contributed by atoms with E-state index in [0.717, 1.165) is 19.3 Å². The van der Waals surface area contributed by atoms with Gasteiger partial charge in [0.25, 0.3) is 0 Å². The Morgan fingerprint density at radius 3 is 2.25 bits per heavy atom. The van der Waals surface area contributed by atoms with Gasteiger partial charge in [-0.1, -0.05) is 26.2 Å². The normalized spacial score (nSPS) is 19.6. The fourth-order valence-corrected chi connectivity index (χ4v) is 2.58. The molecule has 0 saturated heterocycles. The van der Waals surface area contributed by atoms with E-state index in [0.29, 0.717) is 19.4 Å². The number of likely N-dealkylation sites (N-methyl/N-ethyl adjacent to an activating group) is 1. The Balaban J connectivity index is 2.88. The molecule has 0 unspecified atom stereocenters. The first-order valence-electron chi connectivity index (χ1n) is 5.79. The summed E-state index contributed by atoms with van der Waals surface area (Å²) >= 11 is 0. The highest BCUT2D eigenvalue weighted by atomic mass is 16.4. The van der Waals surface area contributed by atoms with Crippen LogP contribution in [0.5, 0.6) is 0 Å². The highest BCUT2D eigenvalue weighted by Crippen LogP contribution is 2.33. The van der Waals surface area contributed by atoms with Crippen molar-refractivity contribution in [3.05, 3.63) is 0 Å². The monoisotopic (exact) mass is 228 g/mol. The molecule has 0 radical (unpaired) electrons. The molecule has 1 fully saturated rings. The van der Waals surface area contributed by atoms with Gasteiger partial charge in [0.1, 0.15) is 5.54 Å². The van der Waals surface area contributed by atoms with Crippen molar-refractivity contribution in [3.8, 4) is 0 Å². The van der Waals surface area contributed by atoms with Gasteiger partial charge in [-0.15, -0.1) is 0 Å². The topological polar surface area (TPSA) is 83.6 Å². The molecule has 0 bridgehead atoms. The maximum absolute atomic E-state index is 11.6. The molecular weight excluding hydrogens is 208 g/mol. The Kier molecular flexibility index (Phi) is 4.29. The predicted molar refractivity (Wildman–Crippen MR) is 59.9 cm³/mol. The lowest BCUT2D eigenvalue weighted by Crippen LogP contribution is -2.59. The summed E-state index contributed by atoms with van der Waals surface area (Å²) in [6.07, 6.45) is 4.35. The Hall–Kier alpha value is -1.10. The van der Waals surface area contributed by atoms with Crippen LogP contribution >= 0.6 is 0 Å². The third-order valence-electron chi connectivity index (χ3n) is 3.45. The molecule has 5 heteroatoms. The van der Waals surface area contributed by atoms with Gasteiger partial charge in [-0.2, -0.15) is 0 Å². The molecular formula is C11H20N2O3. The summed E-state index contributed by atoms with van der Waals surface area (Å²) in [6, 6.07) is 0. The van der Waals surface area contributed by atoms with Gasteiger partial charge in [0.15, 0.2) is 0 Å². The van der Waals surface area contributed by atoms with Crippen molar-refractivity contribution in [1.29, 1.82) is 0 Å². The van der Waals surface area contributed by atoms with Crippen LogP contribution in [0.15, 0.2) is 0 Å². The van der Waals surface area contributed by atoms with E-state index >= 15 is 0 Å². The number of hydrogen-bond donors (Lipinski definition) is 2. The Labute approximate surface area is 95.6 Å². The third kappa shape index (κ3) is 2.52. The van der Waals surface area contributed by atoms with Crippen LogP contribution in [0.2, 0.25) is 0 Å². The summed E-state index contributed by atoms with van der Waals surface area (Å²) in [7, 11) is 0. The van der Waals surface area contributed by atoms with E-state index in [1.807, 2.05) is 6.92 Å². The molecule has 3 N–H and O–H groups in total. The first-order chi connectivity index (χ1) is 7.53. The number of hydrogen-bond acceptors (Lipinski definition) is 3. The van der Waals surface area contributed by atoms with E-state index < -0.39 is 11.5 Å². The van der Waals surface area contributed by atoms with Gasteiger partial charge < -0.3 is 10.8 Å². The lowest BCUT2D eigenvalue weighted by atomic mass is 9.79. The van der Waals surface area contributed by atoms with Crippen molar-refractivity contribution in [2.45, 2.75) is 44.6 Å². The van der Waals surface area contributed by atoms with E-state index in [9.17, 15) is 9.59 Å². The summed E-state index contributed by atoms with van der Waals surface area (Å²) in [4.78, 5) is 24.1. The Morgan fingerprint density at radius 2 is 1.88 bits per heavy atom. The lowest BCUT2D eigenvalue weighted by molar-refractivity contribution is -0.143. The number of amides is 1. The van der Waals surface area contributed by atoms with E-state index in [1.165, 1.54) is 0 Å². The molecule has 5 nitrogen and oxygen atoms in total. The number of carboxylic acid groups (broad SMARTS) is 1. The average molecular weight is 228 g/mol. The molecule has 1 amide bonds. The number of nitrogens with zero attached hydrogens (tertiary/aromatic N) is 1. The van der Waals surface area contributed by atoms with Crippen molar-refractivity contribution in [2.24, 2.45) is 5.73 Å². The average Bonchev–Trinajstić information content (AvgIpc) is 2.26. The summed E-state index contributed by atoms with van der Waals surface area (Å²) in [5.41, 5.74) is 4.75. The second-order valence-electron chi connectivity index (χ2n) is 4.36. The van der Waals surface area contributed by atoms with Gasteiger partial charge in [0, 0.05) is 0 Å². The van der Waals surface area contributed by atoms with Crippen LogP contribution in [-0.2, 0) is 9.59 Å². The first-order valence-corrected chi connectivity index (χ1v) is 5.79. The zero-order valence-electron chi connectivity index (χ0n) is 9.74. The maximum Gasteiger partial charge on any atom is 0.317 e. The summed E-state index contributed by atoms with van der Waals surface area (Å²) in [5, 5.41) is 8.85. The second-order valence-corrected chi connectivity index (χ2v) is 4.36. The highest BCUT2D eigenvalue weighted by molar-refractivity contribution is 5.85. The third-order valence-corrected chi connectivity index (χ3v) is 3.45. The van der Waals surface area contributed by atoms with Gasteiger partial charge in [0.2, 0.25) is 5.91 Å². The zero-order valence-corrected chi connectivity index (χ0v) is 9.74. The Morgan fingerprint density at radius 1 is 1.31 bits per heavy atom. The zero-order chi connectivity index (χ0) is 12.2. The van der Waals surface area contributed by atoms with Gasteiger partial charge in [0.05, 0.1) is 6.54 Å². The minimum atomic E-state index is -0.909. The smallest absolute Gasteiger partial charge is 0.317 e. The van der Waals surface area contributed by atoms with Crippen molar-refractivity contribution < 1.29 is 14.7 Å². The van der Waals surface area contributed by atoms with Gasteiger partial charge in [-0.3, -0.25) is 14.5 Å². The van der Waals surface area contributed by atoms with Crippen LogP contribution in [0, 0.1) is 0 Å². The number of nitrogens with two attached hydrogens (primary N) is 1. The van der Waals surface area contributed by atoms with Crippen LogP contribution < -0.4 is 5.73 Å². The van der Waals surface area contributed by atoms with Crippen LogP contribution in [0.4, 0.5) is 0 Å². The molecule has 1 aliphatic rings. The van der Waals surface area contributed by atoms with Crippen LogP contribution in [0.1, 0.15) is 39.0 Å². The number of aliphatic carboxylic acids is 1. The van der Waals surface area contributed by atoms with Crippen LogP contribution in [-0.4, -0.2) is 40.5 Å². The number of carbonyl (C=O) groups excluding carboxylic acids is 1. The minimum absolute atomic E-state index is 0.112. The van der Waals surface area contributed by atoms with Crippen molar-refractivity contribution >= 4 is 11.9 Å². The van der Waals surface area contributed by atoms with Gasteiger partial charge in [-0.25, -0.2) is 0 Å². The molecule has 0 aromatic carbocycles. The fourth-order valence-electron chi connectivity index (χ4n) is 2.58. The Bertz CT molecular complexity index is 272. The molecule has 0 spiro atoms. The van der Waals surface area contributed by atoms with Crippen LogP contribution in [0.25, 0.3) is 0 Å². The molecule has 16 heavy (non-hydrogen) atoms. The molecule has 1 rings (SSSR count). The van der Waals surface area contributed by atoms with Crippen LogP contribution in [0.3, 0.4) is 0 Å². The number of carboxylic acids is 1. The molecule has 92 valence electrons. The van der Waals surface area contributed by atoms with Gasteiger partial charge >= 0.3 is 5.97 Å². The lowest BCUT2D eigenvalue weighted by Gasteiger charge is -2.42. The SMILES string of the molecule is CCN(CC(=O)O)C1(C(N)=O)CCCCC1. The molecule has 0 heterocycles. The van der Waals surface area contributed by atoms with E-state index in [1.54, 1.807) is 4.90 Å². The largest absolute Gasteiger partial charge is 0.480 e. The standard InChI is InChI=1S/C11H20N2O3/c1-2-13(8-9(14)15)11(10(12)16)6-4-3-5-7-11/h2-8H2,1H3,(H2,12,16)(H,14,15). The highest BCUT2D eigenvalue weighted by Gasteiger charge is 2.43. The first kappa shape index (κ1) is 13.0. The summed E-state index contributed by atoms with van der Waals surface area (Å²) in [5.74, 6) is -1.29. The minimum Gasteiger partial charge on any atom is -0.480 e. The van der Waals surface area contributed by atoms with Crippen molar-refractivity contribution in [2.75, 3.05) is 13.1 Å². The van der Waals surface area contributed by atoms with E-state index in [2.05, 4.69) is 0 Å². The molecule has 0 aromatic heterocycles.